The van der Waals surface area contributed by atoms with Gasteiger partial charge < -0.3 is 9.72 Å². The molecule has 0 aliphatic heterocycles. The molecule has 0 atom stereocenters. The van der Waals surface area contributed by atoms with Crippen LogP contribution in [0, 0.1) is 6.92 Å². The number of hydrogen-bond acceptors (Lipinski definition) is 3. The Balaban J connectivity index is 2.37. The largest absolute Gasteiger partial charge is 0.463 e. The molecule has 0 fully saturated rings. The van der Waals surface area contributed by atoms with Crippen molar-refractivity contribution in [2.45, 2.75) is 20.3 Å². The number of benzene rings is 1. The Bertz CT molecular complexity index is 556. The third-order valence-corrected chi connectivity index (χ3v) is 2.90. The van der Waals surface area contributed by atoms with Gasteiger partial charge in [0.2, 0.25) is 5.82 Å². The summed E-state index contributed by atoms with van der Waals surface area (Å²) < 4.78 is 4.64. The summed E-state index contributed by atoms with van der Waals surface area (Å²) in [5.74, 6) is -0.209. The molecular formula is C14H16N2O2. The maximum absolute atomic E-state index is 11.4. The molecule has 94 valence electrons. The molecule has 0 unspecified atom stereocenters. The highest BCUT2D eigenvalue weighted by Gasteiger charge is 2.14. The number of hydrogen-bond donors (Lipinski definition) is 1. The molecule has 0 bridgehead atoms. The van der Waals surface area contributed by atoms with Gasteiger partial charge in [-0.3, -0.25) is 0 Å². The second-order valence-electron chi connectivity index (χ2n) is 4.10. The van der Waals surface area contributed by atoms with Gasteiger partial charge in [-0.05, 0) is 18.9 Å². The summed E-state index contributed by atoms with van der Waals surface area (Å²) in [5.41, 5.74) is 3.92. The zero-order valence-corrected chi connectivity index (χ0v) is 10.8. The van der Waals surface area contributed by atoms with E-state index in [9.17, 15) is 4.79 Å². The maximum atomic E-state index is 11.4. The number of carbonyl (C=O) groups excluding carboxylic acids is 1. The predicted octanol–water partition coefficient (Wildman–Crippen LogP) is 2.73. The number of methoxy groups -OCH3 is 1. The first-order valence-electron chi connectivity index (χ1n) is 5.90. The molecule has 4 nitrogen and oxygen atoms in total. The number of nitrogens with one attached hydrogen (secondary N) is 1. The molecule has 0 saturated heterocycles. The van der Waals surface area contributed by atoms with Gasteiger partial charge in [0, 0.05) is 11.3 Å². The SMILES string of the molecule is CCc1ccc(-c2nc(C(=O)OC)[nH]c2C)cc1. The minimum absolute atomic E-state index is 0.240. The minimum Gasteiger partial charge on any atom is -0.463 e. The molecule has 2 rings (SSSR count). The van der Waals surface area contributed by atoms with E-state index in [0.717, 1.165) is 23.4 Å². The average Bonchev–Trinajstić information content (AvgIpc) is 2.80. The van der Waals surface area contributed by atoms with Gasteiger partial charge in [0.15, 0.2) is 0 Å². The summed E-state index contributed by atoms with van der Waals surface area (Å²) in [6, 6.07) is 8.18. The van der Waals surface area contributed by atoms with E-state index in [4.69, 9.17) is 0 Å². The highest BCUT2D eigenvalue weighted by Crippen LogP contribution is 2.22. The number of rotatable bonds is 3. The van der Waals surface area contributed by atoms with Crippen LogP contribution < -0.4 is 0 Å². The van der Waals surface area contributed by atoms with E-state index in [1.165, 1.54) is 12.7 Å². The molecule has 0 saturated carbocycles. The van der Waals surface area contributed by atoms with Crippen molar-refractivity contribution in [1.29, 1.82) is 0 Å². The molecule has 0 radical (unpaired) electrons. The van der Waals surface area contributed by atoms with E-state index in [2.05, 4.69) is 33.8 Å². The molecule has 0 aliphatic carbocycles. The van der Waals surface area contributed by atoms with Crippen molar-refractivity contribution in [2.75, 3.05) is 7.11 Å². The summed E-state index contributed by atoms with van der Waals surface area (Å²) in [7, 11) is 1.34. The van der Waals surface area contributed by atoms with Crippen LogP contribution in [0.25, 0.3) is 11.3 Å². The van der Waals surface area contributed by atoms with Gasteiger partial charge in [-0.2, -0.15) is 0 Å². The number of aryl methyl sites for hydroxylation is 2. The summed E-state index contributed by atoms with van der Waals surface area (Å²) in [5, 5.41) is 0. The van der Waals surface area contributed by atoms with Gasteiger partial charge in [-0.25, -0.2) is 9.78 Å². The van der Waals surface area contributed by atoms with Crippen LogP contribution in [0.2, 0.25) is 0 Å². The molecule has 4 heteroatoms. The fourth-order valence-electron chi connectivity index (χ4n) is 1.83. The smallest absolute Gasteiger partial charge is 0.374 e. The van der Waals surface area contributed by atoms with Crippen molar-refractivity contribution in [2.24, 2.45) is 0 Å². The van der Waals surface area contributed by atoms with Gasteiger partial charge in [-0.15, -0.1) is 0 Å². The number of ether oxygens (including phenoxy) is 1. The molecule has 0 aliphatic rings. The number of nitrogens with zero attached hydrogens (tertiary/aromatic N) is 1. The fourth-order valence-corrected chi connectivity index (χ4v) is 1.83. The van der Waals surface area contributed by atoms with E-state index >= 15 is 0 Å². The molecule has 0 amide bonds. The van der Waals surface area contributed by atoms with Crippen LogP contribution in [0.4, 0.5) is 0 Å². The lowest BCUT2D eigenvalue weighted by atomic mass is 10.1. The minimum atomic E-state index is -0.450. The van der Waals surface area contributed by atoms with Crippen LogP contribution >= 0.6 is 0 Å². The molecule has 1 aromatic heterocycles. The first-order valence-corrected chi connectivity index (χ1v) is 5.90. The first kappa shape index (κ1) is 12.4. The van der Waals surface area contributed by atoms with Crippen LogP contribution in [0.5, 0.6) is 0 Å². The topological polar surface area (TPSA) is 55.0 Å². The molecular weight excluding hydrogens is 228 g/mol. The van der Waals surface area contributed by atoms with Crippen LogP contribution in [-0.2, 0) is 11.2 Å². The third-order valence-electron chi connectivity index (χ3n) is 2.90. The van der Waals surface area contributed by atoms with Crippen molar-refractivity contribution in [1.82, 2.24) is 9.97 Å². The van der Waals surface area contributed by atoms with Crippen molar-refractivity contribution < 1.29 is 9.53 Å². The Morgan fingerprint density at radius 1 is 1.33 bits per heavy atom. The van der Waals surface area contributed by atoms with E-state index in [-0.39, 0.29) is 5.82 Å². The fraction of sp³-hybridized carbons (Fsp3) is 0.286. The molecule has 1 N–H and O–H groups in total. The van der Waals surface area contributed by atoms with Crippen LogP contribution in [0.1, 0.15) is 28.8 Å². The van der Waals surface area contributed by atoms with E-state index < -0.39 is 5.97 Å². The van der Waals surface area contributed by atoms with E-state index in [1.807, 2.05) is 19.1 Å². The highest BCUT2D eigenvalue weighted by molar-refractivity contribution is 5.86. The summed E-state index contributed by atoms with van der Waals surface area (Å²) in [4.78, 5) is 18.6. The highest BCUT2D eigenvalue weighted by atomic mass is 16.5. The zero-order chi connectivity index (χ0) is 13.1. The average molecular weight is 244 g/mol. The van der Waals surface area contributed by atoms with Crippen LogP contribution in [0.15, 0.2) is 24.3 Å². The van der Waals surface area contributed by atoms with Gasteiger partial charge in [0.25, 0.3) is 0 Å². The number of aromatic nitrogens is 2. The van der Waals surface area contributed by atoms with Gasteiger partial charge in [-0.1, -0.05) is 31.2 Å². The number of esters is 1. The number of aromatic amines is 1. The van der Waals surface area contributed by atoms with Gasteiger partial charge in [0.05, 0.1) is 12.8 Å². The monoisotopic (exact) mass is 244 g/mol. The zero-order valence-electron chi connectivity index (χ0n) is 10.8. The Hall–Kier alpha value is -2.10. The predicted molar refractivity (Wildman–Crippen MR) is 69.5 cm³/mol. The normalized spacial score (nSPS) is 10.4. The molecule has 1 heterocycles. The molecule has 0 spiro atoms. The van der Waals surface area contributed by atoms with E-state index in [1.54, 1.807) is 0 Å². The molecule has 2 aromatic rings. The second kappa shape index (κ2) is 5.04. The van der Waals surface area contributed by atoms with Crippen molar-refractivity contribution >= 4 is 5.97 Å². The Kier molecular flexibility index (Phi) is 3.46. The molecule has 1 aromatic carbocycles. The third kappa shape index (κ3) is 2.27. The number of imidazole rings is 1. The lowest BCUT2D eigenvalue weighted by Crippen LogP contribution is -2.03. The maximum Gasteiger partial charge on any atom is 0.374 e. The lowest BCUT2D eigenvalue weighted by molar-refractivity contribution is 0.0588. The Morgan fingerprint density at radius 2 is 2.00 bits per heavy atom. The second-order valence-corrected chi connectivity index (χ2v) is 4.10. The first-order chi connectivity index (χ1) is 8.65. The van der Waals surface area contributed by atoms with E-state index in [0.29, 0.717) is 0 Å². The summed E-state index contributed by atoms with van der Waals surface area (Å²) in [6.45, 7) is 4.01. The number of carbonyl (C=O) groups is 1. The Morgan fingerprint density at radius 3 is 2.56 bits per heavy atom. The summed E-state index contributed by atoms with van der Waals surface area (Å²) in [6.07, 6.45) is 1.01. The quantitative estimate of drug-likeness (QED) is 0.844. The van der Waals surface area contributed by atoms with Crippen molar-refractivity contribution in [3.63, 3.8) is 0 Å². The summed E-state index contributed by atoms with van der Waals surface area (Å²) >= 11 is 0. The van der Waals surface area contributed by atoms with Crippen molar-refractivity contribution in [3.05, 3.63) is 41.3 Å². The van der Waals surface area contributed by atoms with Crippen LogP contribution in [-0.4, -0.2) is 23.0 Å². The number of H-pyrrole nitrogens is 1. The lowest BCUT2D eigenvalue weighted by Gasteiger charge is -2.00. The van der Waals surface area contributed by atoms with Crippen LogP contribution in [0.3, 0.4) is 0 Å². The van der Waals surface area contributed by atoms with Crippen molar-refractivity contribution in [3.8, 4) is 11.3 Å². The standard InChI is InChI=1S/C14H16N2O2/c1-4-10-5-7-11(8-6-10)12-9(2)15-13(16-12)14(17)18-3/h5-8H,4H2,1-3H3,(H,15,16). The van der Waals surface area contributed by atoms with Gasteiger partial charge in [0.1, 0.15) is 0 Å². The van der Waals surface area contributed by atoms with Gasteiger partial charge >= 0.3 is 5.97 Å². The molecule has 18 heavy (non-hydrogen) atoms. The Labute approximate surface area is 106 Å².